The number of amides is 1. The van der Waals surface area contributed by atoms with Crippen LogP contribution in [0.5, 0.6) is 5.75 Å². The summed E-state index contributed by atoms with van der Waals surface area (Å²) in [5, 5.41) is 2.73. The number of hydrogen-bond acceptors (Lipinski definition) is 4. The lowest BCUT2D eigenvalue weighted by Crippen LogP contribution is -2.15. The first kappa shape index (κ1) is 15.5. The monoisotopic (exact) mass is 350 g/mol. The highest BCUT2D eigenvalue weighted by molar-refractivity contribution is 9.10. The van der Waals surface area contributed by atoms with Gasteiger partial charge in [0.2, 0.25) is 0 Å². The van der Waals surface area contributed by atoms with Gasteiger partial charge in [-0.25, -0.2) is 4.98 Å². The Hall–Kier alpha value is -1.92. The first-order valence-corrected chi connectivity index (χ1v) is 7.13. The second-order valence-corrected chi connectivity index (χ2v) is 5.07. The van der Waals surface area contributed by atoms with Gasteiger partial charge in [0, 0.05) is 17.8 Å². The van der Waals surface area contributed by atoms with Crippen molar-refractivity contribution >= 4 is 27.7 Å². The summed E-state index contributed by atoms with van der Waals surface area (Å²) in [6, 6.07) is 10.6. The van der Waals surface area contributed by atoms with E-state index in [1.54, 1.807) is 37.6 Å². The van der Waals surface area contributed by atoms with E-state index < -0.39 is 0 Å². The summed E-state index contributed by atoms with van der Waals surface area (Å²) in [5.74, 6) is 0.733. The van der Waals surface area contributed by atoms with Crippen LogP contribution in [0.4, 0.5) is 5.82 Å². The molecule has 1 amide bonds. The SMILES string of the molecule is COCCOc1ccccc1C(=O)Nc1ccc(Br)cn1. The number of methoxy groups -OCH3 is 1. The number of para-hydroxylation sites is 1. The molecular weight excluding hydrogens is 336 g/mol. The van der Waals surface area contributed by atoms with Crippen molar-refractivity contribution in [2.24, 2.45) is 0 Å². The maximum atomic E-state index is 12.3. The highest BCUT2D eigenvalue weighted by atomic mass is 79.9. The van der Waals surface area contributed by atoms with Crippen molar-refractivity contribution in [2.75, 3.05) is 25.6 Å². The van der Waals surface area contributed by atoms with Gasteiger partial charge in [0.1, 0.15) is 18.2 Å². The van der Waals surface area contributed by atoms with Gasteiger partial charge in [-0.15, -0.1) is 0 Å². The first-order valence-electron chi connectivity index (χ1n) is 6.34. The fraction of sp³-hybridized carbons (Fsp3) is 0.200. The molecule has 110 valence electrons. The maximum absolute atomic E-state index is 12.3. The number of nitrogens with zero attached hydrogens (tertiary/aromatic N) is 1. The van der Waals surface area contributed by atoms with E-state index in [1.165, 1.54) is 0 Å². The molecule has 0 radical (unpaired) electrons. The van der Waals surface area contributed by atoms with Crippen LogP contribution in [0.3, 0.4) is 0 Å². The molecule has 0 saturated heterocycles. The minimum Gasteiger partial charge on any atom is -0.490 e. The second-order valence-electron chi connectivity index (χ2n) is 4.15. The summed E-state index contributed by atoms with van der Waals surface area (Å²) in [4.78, 5) is 16.4. The molecular formula is C15H15BrN2O3. The molecule has 1 heterocycles. The summed E-state index contributed by atoms with van der Waals surface area (Å²) in [5.41, 5.74) is 0.457. The number of aromatic nitrogens is 1. The number of carbonyl (C=O) groups is 1. The van der Waals surface area contributed by atoms with Crippen molar-refractivity contribution in [2.45, 2.75) is 0 Å². The van der Waals surface area contributed by atoms with Gasteiger partial charge in [0.05, 0.1) is 12.2 Å². The van der Waals surface area contributed by atoms with E-state index in [2.05, 4.69) is 26.2 Å². The summed E-state index contributed by atoms with van der Waals surface area (Å²) in [7, 11) is 1.60. The predicted molar refractivity (Wildman–Crippen MR) is 83.7 cm³/mol. The lowest BCUT2D eigenvalue weighted by molar-refractivity contribution is 0.101. The average molecular weight is 351 g/mol. The van der Waals surface area contributed by atoms with Crippen LogP contribution in [-0.4, -0.2) is 31.2 Å². The Morgan fingerprint density at radius 3 is 2.76 bits per heavy atom. The van der Waals surface area contributed by atoms with E-state index in [4.69, 9.17) is 9.47 Å². The lowest BCUT2D eigenvalue weighted by atomic mass is 10.2. The van der Waals surface area contributed by atoms with Crippen LogP contribution in [0.15, 0.2) is 47.1 Å². The summed E-state index contributed by atoms with van der Waals surface area (Å²) < 4.78 is 11.3. The molecule has 0 aliphatic rings. The van der Waals surface area contributed by atoms with Crippen LogP contribution < -0.4 is 10.1 Å². The lowest BCUT2D eigenvalue weighted by Gasteiger charge is -2.11. The molecule has 0 atom stereocenters. The van der Waals surface area contributed by atoms with Gasteiger partial charge in [-0.05, 0) is 40.2 Å². The molecule has 0 spiro atoms. The Morgan fingerprint density at radius 2 is 2.05 bits per heavy atom. The predicted octanol–water partition coefficient (Wildman–Crippen LogP) is 3.12. The molecule has 2 rings (SSSR count). The number of pyridine rings is 1. The smallest absolute Gasteiger partial charge is 0.260 e. The maximum Gasteiger partial charge on any atom is 0.260 e. The number of rotatable bonds is 6. The van der Waals surface area contributed by atoms with Crippen molar-refractivity contribution in [1.29, 1.82) is 0 Å². The second kappa shape index (κ2) is 7.75. The average Bonchev–Trinajstić information content (AvgIpc) is 2.50. The zero-order valence-corrected chi connectivity index (χ0v) is 13.1. The van der Waals surface area contributed by atoms with Crippen molar-refractivity contribution in [3.63, 3.8) is 0 Å². The Bertz CT molecular complexity index is 602. The van der Waals surface area contributed by atoms with Gasteiger partial charge < -0.3 is 14.8 Å². The van der Waals surface area contributed by atoms with E-state index in [-0.39, 0.29) is 5.91 Å². The van der Waals surface area contributed by atoms with Gasteiger partial charge in [-0.1, -0.05) is 12.1 Å². The largest absolute Gasteiger partial charge is 0.490 e. The minimum absolute atomic E-state index is 0.266. The normalized spacial score (nSPS) is 10.2. The minimum atomic E-state index is -0.266. The van der Waals surface area contributed by atoms with Crippen molar-refractivity contribution in [3.8, 4) is 5.75 Å². The number of carbonyl (C=O) groups excluding carboxylic acids is 1. The molecule has 0 unspecified atom stereocenters. The van der Waals surface area contributed by atoms with Gasteiger partial charge >= 0.3 is 0 Å². The Kier molecular flexibility index (Phi) is 5.71. The molecule has 21 heavy (non-hydrogen) atoms. The van der Waals surface area contributed by atoms with E-state index in [1.807, 2.05) is 12.1 Å². The fourth-order valence-electron chi connectivity index (χ4n) is 1.65. The molecule has 0 bridgehead atoms. The molecule has 0 aliphatic carbocycles. The van der Waals surface area contributed by atoms with Crippen molar-refractivity contribution in [3.05, 3.63) is 52.6 Å². The molecule has 1 aromatic carbocycles. The number of halogens is 1. The highest BCUT2D eigenvalue weighted by Gasteiger charge is 2.12. The van der Waals surface area contributed by atoms with Crippen LogP contribution in [0.2, 0.25) is 0 Å². The van der Waals surface area contributed by atoms with Crippen molar-refractivity contribution < 1.29 is 14.3 Å². The number of ether oxygens (including phenoxy) is 2. The quantitative estimate of drug-likeness (QED) is 0.813. The van der Waals surface area contributed by atoms with Crippen LogP contribution >= 0.6 is 15.9 Å². The molecule has 0 saturated carbocycles. The topological polar surface area (TPSA) is 60.5 Å². The van der Waals surface area contributed by atoms with E-state index in [0.29, 0.717) is 30.3 Å². The summed E-state index contributed by atoms with van der Waals surface area (Å²) in [6.07, 6.45) is 1.62. The molecule has 5 nitrogen and oxygen atoms in total. The number of hydrogen-bond donors (Lipinski definition) is 1. The van der Waals surface area contributed by atoms with Crippen LogP contribution in [0.25, 0.3) is 0 Å². The molecule has 1 N–H and O–H groups in total. The third kappa shape index (κ3) is 4.54. The zero-order chi connectivity index (χ0) is 15.1. The van der Waals surface area contributed by atoms with Gasteiger partial charge in [-0.2, -0.15) is 0 Å². The summed E-state index contributed by atoms with van der Waals surface area (Å²) >= 11 is 3.30. The molecule has 0 fully saturated rings. The number of nitrogens with one attached hydrogen (secondary N) is 1. The Labute approximate surface area is 131 Å². The fourth-order valence-corrected chi connectivity index (χ4v) is 1.88. The third-order valence-corrected chi connectivity index (χ3v) is 3.11. The number of anilines is 1. The molecule has 0 aliphatic heterocycles. The van der Waals surface area contributed by atoms with Crippen LogP contribution in [0, 0.1) is 0 Å². The number of benzene rings is 1. The highest BCUT2D eigenvalue weighted by Crippen LogP contribution is 2.19. The molecule has 6 heteroatoms. The Balaban J connectivity index is 2.09. The first-order chi connectivity index (χ1) is 10.2. The van der Waals surface area contributed by atoms with Crippen LogP contribution in [-0.2, 0) is 4.74 Å². The van der Waals surface area contributed by atoms with Crippen molar-refractivity contribution in [1.82, 2.24) is 4.98 Å². The van der Waals surface area contributed by atoms with Gasteiger partial charge in [0.25, 0.3) is 5.91 Å². The Morgan fingerprint density at radius 1 is 1.24 bits per heavy atom. The van der Waals surface area contributed by atoms with E-state index in [0.717, 1.165) is 4.47 Å². The van der Waals surface area contributed by atoms with Gasteiger partial charge in [0.15, 0.2) is 0 Å². The molecule has 1 aromatic heterocycles. The van der Waals surface area contributed by atoms with Gasteiger partial charge in [-0.3, -0.25) is 4.79 Å². The van der Waals surface area contributed by atoms with Crippen LogP contribution in [0.1, 0.15) is 10.4 Å². The van der Waals surface area contributed by atoms with E-state index >= 15 is 0 Å². The molecule has 2 aromatic rings. The standard InChI is InChI=1S/C15H15BrN2O3/c1-20-8-9-21-13-5-3-2-4-12(13)15(19)18-14-7-6-11(16)10-17-14/h2-7,10H,8-9H2,1H3,(H,17,18,19). The third-order valence-electron chi connectivity index (χ3n) is 2.65. The summed E-state index contributed by atoms with van der Waals surface area (Å²) in [6.45, 7) is 0.849. The zero-order valence-electron chi connectivity index (χ0n) is 11.5. The van der Waals surface area contributed by atoms with E-state index in [9.17, 15) is 4.79 Å².